The first-order valence-corrected chi connectivity index (χ1v) is 11.4. The molecule has 2 aliphatic heterocycles. The molecule has 0 unspecified atom stereocenters. The maximum atomic E-state index is 13.3. The average Bonchev–Trinajstić information content (AvgIpc) is 3.44. The van der Waals surface area contributed by atoms with E-state index in [9.17, 15) is 14.9 Å². The van der Waals surface area contributed by atoms with Crippen molar-refractivity contribution in [3.63, 3.8) is 0 Å². The van der Waals surface area contributed by atoms with Crippen LogP contribution in [-0.2, 0) is 22.6 Å². The van der Waals surface area contributed by atoms with Crippen LogP contribution in [0.2, 0.25) is 0 Å². The average molecular weight is 463 g/mol. The number of nitrogens with zero attached hydrogens (tertiary/aromatic N) is 4. The molecule has 35 heavy (non-hydrogen) atoms. The molecule has 3 aromatic carbocycles. The maximum Gasteiger partial charge on any atom is 0.249 e. The van der Waals surface area contributed by atoms with Gasteiger partial charge < -0.3 is 19.5 Å². The monoisotopic (exact) mass is 463 g/mol. The summed E-state index contributed by atoms with van der Waals surface area (Å²) in [4.78, 5) is 32.0. The van der Waals surface area contributed by atoms with E-state index in [1.165, 1.54) is 0 Å². The zero-order valence-corrected chi connectivity index (χ0v) is 18.8. The van der Waals surface area contributed by atoms with Crippen molar-refractivity contribution in [2.75, 3.05) is 11.4 Å². The van der Waals surface area contributed by atoms with E-state index in [0.717, 1.165) is 27.7 Å². The molecule has 8 nitrogen and oxygen atoms in total. The Bertz CT molecular complexity index is 1530. The maximum absolute atomic E-state index is 13.3. The Morgan fingerprint density at radius 1 is 1.11 bits per heavy atom. The minimum atomic E-state index is -0.572. The van der Waals surface area contributed by atoms with Crippen LogP contribution in [0.1, 0.15) is 23.2 Å². The number of nitrogens with one attached hydrogen (secondary N) is 1. The molecular formula is C27H21N5O3. The highest BCUT2D eigenvalue weighted by Crippen LogP contribution is 2.35. The highest BCUT2D eigenvalue weighted by molar-refractivity contribution is 6.08. The van der Waals surface area contributed by atoms with E-state index in [1.807, 2.05) is 53.1 Å². The molecule has 3 heterocycles. The lowest BCUT2D eigenvalue weighted by Crippen LogP contribution is -2.42. The molecule has 2 aliphatic rings. The van der Waals surface area contributed by atoms with E-state index in [0.29, 0.717) is 36.6 Å². The Balaban J connectivity index is 1.50. The van der Waals surface area contributed by atoms with Crippen molar-refractivity contribution in [1.29, 1.82) is 5.26 Å². The number of ether oxygens (including phenoxy) is 1. The molecule has 172 valence electrons. The third-order valence-electron chi connectivity index (χ3n) is 6.55. The highest BCUT2D eigenvalue weighted by Gasteiger charge is 2.34. The molecule has 1 aromatic heterocycles. The van der Waals surface area contributed by atoms with Gasteiger partial charge in [0.1, 0.15) is 23.6 Å². The van der Waals surface area contributed by atoms with Gasteiger partial charge in [0, 0.05) is 30.4 Å². The van der Waals surface area contributed by atoms with Crippen molar-refractivity contribution in [3.05, 3.63) is 83.9 Å². The van der Waals surface area contributed by atoms with Crippen molar-refractivity contribution in [2.24, 2.45) is 0 Å². The normalized spacial score (nSPS) is 17.5. The van der Waals surface area contributed by atoms with Crippen LogP contribution in [-0.4, -0.2) is 34.0 Å². The Labute approximate surface area is 201 Å². The topological polar surface area (TPSA) is 100 Å². The lowest BCUT2D eigenvalue weighted by Gasteiger charge is -2.20. The van der Waals surface area contributed by atoms with E-state index in [4.69, 9.17) is 4.74 Å². The number of aromatic nitrogens is 2. The van der Waals surface area contributed by atoms with Crippen LogP contribution in [0.25, 0.3) is 10.8 Å². The predicted molar refractivity (Wildman–Crippen MR) is 129 cm³/mol. The van der Waals surface area contributed by atoms with Crippen LogP contribution in [0.4, 0.5) is 5.69 Å². The molecule has 0 radical (unpaired) electrons. The third kappa shape index (κ3) is 3.77. The lowest BCUT2D eigenvalue weighted by molar-refractivity contribution is -0.126. The molecule has 6 rings (SSSR count). The fraction of sp³-hybridized carbons (Fsp3) is 0.185. The lowest BCUT2D eigenvalue weighted by atomic mass is 10.1. The Hall–Kier alpha value is -4.64. The van der Waals surface area contributed by atoms with Crippen LogP contribution < -0.4 is 15.0 Å². The Kier molecular flexibility index (Phi) is 4.96. The van der Waals surface area contributed by atoms with Gasteiger partial charge in [-0.3, -0.25) is 9.59 Å². The second kappa shape index (κ2) is 8.29. The summed E-state index contributed by atoms with van der Waals surface area (Å²) in [5.41, 5.74) is 2.83. The minimum Gasteiger partial charge on any atom is -0.456 e. The SMILES string of the molecule is N#Cc1ccc2cc1Oc1ccc3cccc(c3c1)N1CC[C@H](NC(=O)Cc3cncn3C2)C1=O. The first-order chi connectivity index (χ1) is 17.1. The highest BCUT2D eigenvalue weighted by atomic mass is 16.5. The molecule has 1 N–H and O–H groups in total. The van der Waals surface area contributed by atoms with E-state index in [1.54, 1.807) is 23.5 Å². The van der Waals surface area contributed by atoms with Gasteiger partial charge in [0.15, 0.2) is 0 Å². The largest absolute Gasteiger partial charge is 0.456 e. The van der Waals surface area contributed by atoms with Gasteiger partial charge >= 0.3 is 0 Å². The van der Waals surface area contributed by atoms with Crippen molar-refractivity contribution >= 4 is 28.3 Å². The Morgan fingerprint density at radius 3 is 2.91 bits per heavy atom. The molecule has 0 aliphatic carbocycles. The number of fused-ring (bicyclic) bond motifs is 7. The standard InChI is InChI=1S/C27H21N5O3/c28-13-19-5-4-17-10-25(19)35-21-7-6-18-2-1-3-24(22(18)12-21)32-9-8-23(27(32)34)30-26(33)11-20-14-29-16-31(20)15-17/h1-7,10,12,14,16,23H,8-9,11,15H2,(H,30,33)/t23-/m0/s1. The number of anilines is 1. The molecule has 0 saturated carbocycles. The van der Waals surface area contributed by atoms with Crippen molar-refractivity contribution in [2.45, 2.75) is 25.4 Å². The second-order valence-electron chi connectivity index (χ2n) is 8.79. The van der Waals surface area contributed by atoms with Crippen LogP contribution in [0.15, 0.2) is 67.1 Å². The van der Waals surface area contributed by atoms with Crippen molar-refractivity contribution < 1.29 is 14.3 Å². The summed E-state index contributed by atoms with van der Waals surface area (Å²) in [5, 5.41) is 14.4. The zero-order valence-electron chi connectivity index (χ0n) is 18.8. The second-order valence-corrected chi connectivity index (χ2v) is 8.79. The van der Waals surface area contributed by atoms with Crippen molar-refractivity contribution in [3.8, 4) is 17.6 Å². The van der Waals surface area contributed by atoms with Gasteiger partial charge in [-0.05, 0) is 47.7 Å². The fourth-order valence-corrected chi connectivity index (χ4v) is 4.80. The van der Waals surface area contributed by atoms with Crippen LogP contribution in [0.3, 0.4) is 0 Å². The molecule has 0 spiro atoms. The molecule has 1 saturated heterocycles. The van der Waals surface area contributed by atoms with E-state index < -0.39 is 6.04 Å². The number of amides is 2. The van der Waals surface area contributed by atoms with Gasteiger partial charge in [-0.1, -0.05) is 24.3 Å². The fourth-order valence-electron chi connectivity index (χ4n) is 4.80. The summed E-state index contributed by atoms with van der Waals surface area (Å²) in [7, 11) is 0. The van der Waals surface area contributed by atoms with Gasteiger partial charge in [-0.2, -0.15) is 5.26 Å². The van der Waals surface area contributed by atoms with Gasteiger partial charge in [0.25, 0.3) is 0 Å². The molecule has 2 amide bonds. The number of benzene rings is 3. The number of carbonyl (C=O) groups excluding carboxylic acids is 2. The summed E-state index contributed by atoms with van der Waals surface area (Å²) in [5.74, 6) is 0.666. The van der Waals surface area contributed by atoms with E-state index in [2.05, 4.69) is 16.4 Å². The third-order valence-corrected chi connectivity index (χ3v) is 6.55. The zero-order chi connectivity index (χ0) is 23.9. The van der Waals surface area contributed by atoms with Gasteiger partial charge in [0.05, 0.1) is 24.0 Å². The molecular weight excluding hydrogens is 442 g/mol. The molecule has 8 heteroatoms. The summed E-state index contributed by atoms with van der Waals surface area (Å²) in [6.45, 7) is 0.967. The minimum absolute atomic E-state index is 0.111. The predicted octanol–water partition coefficient (Wildman–Crippen LogP) is 3.53. The molecule has 1 atom stereocenters. The quantitative estimate of drug-likeness (QED) is 0.430. The number of carbonyl (C=O) groups is 2. The number of hydrogen-bond acceptors (Lipinski definition) is 5. The molecule has 1 fully saturated rings. The van der Waals surface area contributed by atoms with Gasteiger partial charge in [0.2, 0.25) is 11.8 Å². The molecule has 6 bridgehead atoms. The number of imidazole rings is 1. The Morgan fingerprint density at radius 2 is 2.03 bits per heavy atom. The molecule has 4 aromatic rings. The van der Waals surface area contributed by atoms with Crippen LogP contribution in [0.5, 0.6) is 11.5 Å². The summed E-state index contributed by atoms with van der Waals surface area (Å²) in [6, 6.07) is 18.6. The van der Waals surface area contributed by atoms with Gasteiger partial charge in [-0.15, -0.1) is 0 Å². The smallest absolute Gasteiger partial charge is 0.249 e. The van der Waals surface area contributed by atoms with Gasteiger partial charge in [-0.25, -0.2) is 4.98 Å². The number of nitriles is 1. The summed E-state index contributed by atoms with van der Waals surface area (Å²) in [6.07, 6.45) is 3.97. The van der Waals surface area contributed by atoms with Crippen LogP contribution >= 0.6 is 0 Å². The van der Waals surface area contributed by atoms with E-state index >= 15 is 0 Å². The summed E-state index contributed by atoms with van der Waals surface area (Å²) >= 11 is 0. The first-order valence-electron chi connectivity index (χ1n) is 11.4. The van der Waals surface area contributed by atoms with Crippen molar-refractivity contribution in [1.82, 2.24) is 14.9 Å². The number of hydrogen-bond donors (Lipinski definition) is 1. The van der Waals surface area contributed by atoms with E-state index in [-0.39, 0.29) is 18.2 Å². The summed E-state index contributed by atoms with van der Waals surface area (Å²) < 4.78 is 8.09. The van der Waals surface area contributed by atoms with Crippen LogP contribution in [0, 0.1) is 11.3 Å². The first kappa shape index (κ1) is 20.9. The number of rotatable bonds is 0.